The predicted molar refractivity (Wildman–Crippen MR) is 108 cm³/mol. The van der Waals surface area contributed by atoms with Gasteiger partial charge in [-0.15, -0.1) is 0 Å². The highest BCUT2D eigenvalue weighted by molar-refractivity contribution is 6.00. The van der Waals surface area contributed by atoms with E-state index in [1.807, 2.05) is 66.7 Å². The molecule has 0 radical (unpaired) electrons. The highest BCUT2D eigenvalue weighted by Crippen LogP contribution is 2.17. The zero-order valence-electron chi connectivity index (χ0n) is 14.6. The Labute approximate surface area is 157 Å². The van der Waals surface area contributed by atoms with Gasteiger partial charge >= 0.3 is 6.03 Å². The van der Waals surface area contributed by atoms with Gasteiger partial charge in [0.25, 0.3) is 0 Å². The Kier molecular flexibility index (Phi) is 4.74. The Hall–Kier alpha value is -3.73. The van der Waals surface area contributed by atoms with Crippen molar-refractivity contribution >= 4 is 28.3 Å². The molecule has 2 N–H and O–H groups in total. The Morgan fingerprint density at radius 3 is 2.30 bits per heavy atom. The van der Waals surface area contributed by atoms with Gasteiger partial charge in [0.2, 0.25) is 0 Å². The van der Waals surface area contributed by atoms with E-state index < -0.39 is 0 Å². The summed E-state index contributed by atoms with van der Waals surface area (Å²) in [5.74, 6) is 0.514. The number of nitrogens with one attached hydrogen (secondary N) is 2. The second-order valence-corrected chi connectivity index (χ2v) is 6.22. The Morgan fingerprint density at radius 1 is 0.815 bits per heavy atom. The highest BCUT2D eigenvalue weighted by Gasteiger charge is 2.05. The number of amides is 2. The lowest BCUT2D eigenvalue weighted by Crippen LogP contribution is -2.20. The van der Waals surface area contributed by atoms with Gasteiger partial charge in [-0.1, -0.05) is 36.4 Å². The molecular formula is C22H18N4O. The molecule has 0 atom stereocenters. The molecule has 0 unspecified atom stereocenters. The van der Waals surface area contributed by atoms with Crippen LogP contribution in [0.2, 0.25) is 0 Å². The molecule has 2 aromatic heterocycles. The van der Waals surface area contributed by atoms with Gasteiger partial charge in [0.15, 0.2) is 0 Å². The first kappa shape index (κ1) is 16.7. The van der Waals surface area contributed by atoms with Crippen LogP contribution in [0, 0.1) is 0 Å². The van der Waals surface area contributed by atoms with Gasteiger partial charge in [0, 0.05) is 29.7 Å². The van der Waals surface area contributed by atoms with Crippen molar-refractivity contribution < 1.29 is 4.79 Å². The minimum atomic E-state index is -0.320. The number of urea groups is 1. The molecule has 5 nitrogen and oxygen atoms in total. The molecule has 132 valence electrons. The molecule has 0 bridgehead atoms. The van der Waals surface area contributed by atoms with Crippen molar-refractivity contribution in [1.82, 2.24) is 9.97 Å². The van der Waals surface area contributed by atoms with E-state index in [9.17, 15) is 4.79 Å². The molecular weight excluding hydrogens is 336 g/mol. The average molecular weight is 354 g/mol. The van der Waals surface area contributed by atoms with Crippen molar-refractivity contribution in [3.8, 4) is 0 Å². The second kappa shape index (κ2) is 7.66. The molecule has 4 aromatic rings. The third-order valence-electron chi connectivity index (χ3n) is 4.24. The van der Waals surface area contributed by atoms with E-state index in [-0.39, 0.29) is 6.03 Å². The number of rotatable bonds is 4. The van der Waals surface area contributed by atoms with Gasteiger partial charge in [-0.3, -0.25) is 10.3 Å². The van der Waals surface area contributed by atoms with Crippen molar-refractivity contribution in [2.24, 2.45) is 0 Å². The van der Waals surface area contributed by atoms with E-state index in [0.717, 1.165) is 22.9 Å². The summed E-state index contributed by atoms with van der Waals surface area (Å²) in [6.45, 7) is 0. The lowest BCUT2D eigenvalue weighted by Gasteiger charge is -2.09. The van der Waals surface area contributed by atoms with E-state index in [0.29, 0.717) is 5.82 Å². The summed E-state index contributed by atoms with van der Waals surface area (Å²) in [6, 6.07) is 21.2. The van der Waals surface area contributed by atoms with Crippen molar-refractivity contribution in [1.29, 1.82) is 0 Å². The highest BCUT2D eigenvalue weighted by atomic mass is 16.2. The number of carbonyl (C=O) groups is 1. The third-order valence-corrected chi connectivity index (χ3v) is 4.24. The molecule has 4 rings (SSSR count). The Bertz CT molecular complexity index is 1060. The minimum Gasteiger partial charge on any atom is -0.308 e. The molecule has 27 heavy (non-hydrogen) atoms. The first-order valence-corrected chi connectivity index (χ1v) is 8.67. The standard InChI is InChI=1S/C22H18N4O/c27-22(26-21-14-18-3-1-2-4-19(18)15-24-21)25-20-7-5-16(6-8-20)13-17-9-11-23-12-10-17/h1-12,14-15H,13H2,(H2,24,25,26,27). The van der Waals surface area contributed by atoms with Crippen LogP contribution in [-0.2, 0) is 6.42 Å². The van der Waals surface area contributed by atoms with E-state index in [1.165, 1.54) is 11.1 Å². The number of anilines is 2. The lowest BCUT2D eigenvalue weighted by atomic mass is 10.1. The number of carbonyl (C=O) groups excluding carboxylic acids is 1. The van der Waals surface area contributed by atoms with Gasteiger partial charge in [0.1, 0.15) is 5.82 Å². The van der Waals surface area contributed by atoms with Gasteiger partial charge in [-0.2, -0.15) is 0 Å². The largest absolute Gasteiger partial charge is 0.324 e. The fourth-order valence-electron chi connectivity index (χ4n) is 2.87. The van der Waals surface area contributed by atoms with Crippen LogP contribution in [0.25, 0.3) is 10.8 Å². The summed E-state index contributed by atoms with van der Waals surface area (Å²) < 4.78 is 0. The molecule has 2 amide bonds. The van der Waals surface area contributed by atoms with Crippen molar-refractivity contribution in [3.63, 3.8) is 0 Å². The van der Waals surface area contributed by atoms with E-state index >= 15 is 0 Å². The maximum absolute atomic E-state index is 12.2. The summed E-state index contributed by atoms with van der Waals surface area (Å²) >= 11 is 0. The molecule has 0 aliphatic heterocycles. The maximum Gasteiger partial charge on any atom is 0.324 e. The fourth-order valence-corrected chi connectivity index (χ4v) is 2.87. The number of aromatic nitrogens is 2. The molecule has 0 fully saturated rings. The van der Waals surface area contributed by atoms with E-state index in [4.69, 9.17) is 0 Å². The van der Waals surface area contributed by atoms with Crippen molar-refractivity contribution in [2.45, 2.75) is 6.42 Å². The molecule has 0 aliphatic carbocycles. The quantitative estimate of drug-likeness (QED) is 0.550. The van der Waals surface area contributed by atoms with Crippen molar-refractivity contribution in [3.05, 3.63) is 96.4 Å². The molecule has 2 heterocycles. The third kappa shape index (κ3) is 4.27. The van der Waals surface area contributed by atoms with E-state index in [2.05, 4.69) is 20.6 Å². The van der Waals surface area contributed by atoms with Crippen LogP contribution < -0.4 is 10.6 Å². The van der Waals surface area contributed by atoms with Gasteiger partial charge in [0.05, 0.1) is 0 Å². The fraction of sp³-hybridized carbons (Fsp3) is 0.0455. The lowest BCUT2D eigenvalue weighted by molar-refractivity contribution is 0.262. The molecule has 0 spiro atoms. The first-order chi connectivity index (χ1) is 13.3. The van der Waals surface area contributed by atoms with Crippen LogP contribution in [-0.4, -0.2) is 16.0 Å². The molecule has 2 aromatic carbocycles. The van der Waals surface area contributed by atoms with Crippen LogP contribution in [0.3, 0.4) is 0 Å². The Balaban J connectivity index is 1.38. The summed E-state index contributed by atoms with van der Waals surface area (Å²) in [5.41, 5.74) is 3.10. The Morgan fingerprint density at radius 2 is 1.52 bits per heavy atom. The normalized spacial score (nSPS) is 10.5. The maximum atomic E-state index is 12.2. The zero-order chi connectivity index (χ0) is 18.5. The first-order valence-electron chi connectivity index (χ1n) is 8.67. The second-order valence-electron chi connectivity index (χ2n) is 6.22. The van der Waals surface area contributed by atoms with Crippen LogP contribution in [0.5, 0.6) is 0 Å². The summed E-state index contributed by atoms with van der Waals surface area (Å²) in [5, 5.41) is 7.66. The number of pyridine rings is 2. The summed E-state index contributed by atoms with van der Waals surface area (Å²) in [6.07, 6.45) is 6.15. The van der Waals surface area contributed by atoms with Crippen LogP contribution in [0.15, 0.2) is 85.3 Å². The number of hydrogen-bond acceptors (Lipinski definition) is 3. The molecule has 0 saturated heterocycles. The van der Waals surface area contributed by atoms with Gasteiger partial charge in [-0.25, -0.2) is 9.78 Å². The summed E-state index contributed by atoms with van der Waals surface area (Å²) in [7, 11) is 0. The molecule has 5 heteroatoms. The number of hydrogen-bond donors (Lipinski definition) is 2. The zero-order valence-corrected chi connectivity index (χ0v) is 14.6. The summed E-state index contributed by atoms with van der Waals surface area (Å²) in [4.78, 5) is 20.5. The van der Waals surface area contributed by atoms with Crippen LogP contribution in [0.1, 0.15) is 11.1 Å². The molecule has 0 saturated carbocycles. The van der Waals surface area contributed by atoms with Crippen molar-refractivity contribution in [2.75, 3.05) is 10.6 Å². The van der Waals surface area contributed by atoms with Gasteiger partial charge < -0.3 is 5.32 Å². The predicted octanol–water partition coefficient (Wildman–Crippen LogP) is 4.86. The van der Waals surface area contributed by atoms with Crippen LogP contribution >= 0.6 is 0 Å². The minimum absolute atomic E-state index is 0.320. The van der Waals surface area contributed by atoms with Gasteiger partial charge in [-0.05, 0) is 53.3 Å². The van der Waals surface area contributed by atoms with Crippen LogP contribution in [0.4, 0.5) is 16.3 Å². The topological polar surface area (TPSA) is 66.9 Å². The monoisotopic (exact) mass is 354 g/mol. The molecule has 0 aliphatic rings. The number of nitrogens with zero attached hydrogens (tertiary/aromatic N) is 2. The number of benzene rings is 2. The SMILES string of the molecule is O=C(Nc1ccc(Cc2ccncc2)cc1)Nc1cc2ccccc2cn1. The smallest absolute Gasteiger partial charge is 0.308 e. The number of fused-ring (bicyclic) bond motifs is 1. The van der Waals surface area contributed by atoms with E-state index in [1.54, 1.807) is 18.6 Å². The average Bonchev–Trinajstić information content (AvgIpc) is 2.70.